The van der Waals surface area contributed by atoms with E-state index in [-0.39, 0.29) is 0 Å². The van der Waals surface area contributed by atoms with Crippen LogP contribution in [0, 0.1) is 0 Å². The smallest absolute Gasteiger partial charge is 0.0776 e. The Morgan fingerprint density at radius 3 is 2.43 bits per heavy atom. The summed E-state index contributed by atoms with van der Waals surface area (Å²) in [5.74, 6) is 0. The van der Waals surface area contributed by atoms with Crippen LogP contribution >= 0.6 is 11.6 Å². The van der Waals surface area contributed by atoms with Gasteiger partial charge < -0.3 is 14.9 Å². The third-order valence-corrected chi connectivity index (χ3v) is 4.36. The van der Waals surface area contributed by atoms with Crippen LogP contribution in [0.5, 0.6) is 0 Å². The van der Waals surface area contributed by atoms with Crippen LogP contribution in [0.4, 0.5) is 5.69 Å². The molecule has 1 N–H and O–H groups in total. The van der Waals surface area contributed by atoms with Crippen molar-refractivity contribution in [3.63, 3.8) is 0 Å². The normalized spacial score (nSPS) is 18.3. The first-order chi connectivity index (χ1) is 9.97. The summed E-state index contributed by atoms with van der Waals surface area (Å²) >= 11 is 6.25. The highest BCUT2D eigenvalue weighted by Gasteiger charge is 2.18. The van der Waals surface area contributed by atoms with Gasteiger partial charge in [-0.2, -0.15) is 0 Å². The van der Waals surface area contributed by atoms with E-state index in [1.54, 1.807) is 6.92 Å². The molecule has 0 aromatic heterocycles. The molecule has 1 aliphatic rings. The summed E-state index contributed by atoms with van der Waals surface area (Å²) in [5, 5.41) is 10.3. The third-order valence-electron chi connectivity index (χ3n) is 4.04. The number of halogens is 1. The van der Waals surface area contributed by atoms with Crippen molar-refractivity contribution in [3.05, 3.63) is 28.8 Å². The van der Waals surface area contributed by atoms with Crippen LogP contribution in [0.3, 0.4) is 0 Å². The summed E-state index contributed by atoms with van der Waals surface area (Å²) in [7, 11) is 4.23. The molecule has 0 bridgehead atoms. The van der Waals surface area contributed by atoms with E-state index in [0.717, 1.165) is 50.5 Å². The average molecular weight is 312 g/mol. The van der Waals surface area contributed by atoms with Crippen LogP contribution < -0.4 is 4.90 Å². The fraction of sp³-hybridized carbons (Fsp3) is 0.625. The summed E-state index contributed by atoms with van der Waals surface area (Å²) in [6.07, 6.45) is -0.519. The third kappa shape index (κ3) is 4.58. The molecule has 5 heteroatoms. The molecule has 118 valence electrons. The molecular formula is C16H26ClN3O. The maximum absolute atomic E-state index is 9.64. The second-order valence-electron chi connectivity index (χ2n) is 6.01. The molecule has 1 heterocycles. The first-order valence-electron chi connectivity index (χ1n) is 7.57. The molecule has 1 atom stereocenters. The molecule has 4 nitrogen and oxygen atoms in total. The molecule has 0 radical (unpaired) electrons. The highest BCUT2D eigenvalue weighted by molar-refractivity contribution is 6.31. The Morgan fingerprint density at radius 1 is 1.24 bits per heavy atom. The maximum atomic E-state index is 9.64. The van der Waals surface area contributed by atoms with Crippen molar-refractivity contribution in [2.45, 2.75) is 13.0 Å². The molecule has 2 rings (SSSR count). The quantitative estimate of drug-likeness (QED) is 0.902. The largest absolute Gasteiger partial charge is 0.389 e. The number of benzene rings is 1. The van der Waals surface area contributed by atoms with Gasteiger partial charge in [-0.3, -0.25) is 4.90 Å². The first-order valence-corrected chi connectivity index (χ1v) is 7.94. The molecule has 0 saturated carbocycles. The fourth-order valence-corrected chi connectivity index (χ4v) is 2.96. The van der Waals surface area contributed by atoms with Crippen molar-refractivity contribution in [3.8, 4) is 0 Å². The van der Waals surface area contributed by atoms with Gasteiger partial charge in [-0.1, -0.05) is 17.7 Å². The molecule has 21 heavy (non-hydrogen) atoms. The Morgan fingerprint density at radius 2 is 1.90 bits per heavy atom. The van der Waals surface area contributed by atoms with Gasteiger partial charge >= 0.3 is 0 Å². The number of hydrogen-bond donors (Lipinski definition) is 1. The number of anilines is 1. The number of aliphatic hydroxyl groups excluding tert-OH is 1. The Balaban J connectivity index is 1.91. The highest BCUT2D eigenvalue weighted by atomic mass is 35.5. The maximum Gasteiger partial charge on any atom is 0.0776 e. The standard InChI is InChI=1S/C16H26ClN3O/c1-13(21)15-5-4-14(12-16(15)17)20-10-8-19(9-11-20)7-6-18(2)3/h4-5,12-13,21H,6-11H2,1-3H3. The number of piperazine rings is 1. The van der Waals surface area contributed by atoms with Gasteiger partial charge in [-0.05, 0) is 38.7 Å². The lowest BCUT2D eigenvalue weighted by atomic mass is 10.1. The van der Waals surface area contributed by atoms with Crippen LogP contribution in [0.15, 0.2) is 18.2 Å². The molecule has 1 aliphatic heterocycles. The molecule has 1 aromatic carbocycles. The molecule has 1 unspecified atom stereocenters. The predicted molar refractivity (Wildman–Crippen MR) is 89.3 cm³/mol. The molecular weight excluding hydrogens is 286 g/mol. The SMILES string of the molecule is CC(O)c1ccc(N2CCN(CCN(C)C)CC2)cc1Cl. The molecule has 1 fully saturated rings. The second-order valence-corrected chi connectivity index (χ2v) is 6.42. The molecule has 1 aromatic rings. The predicted octanol–water partition coefficient (Wildman–Crippen LogP) is 2.08. The van der Waals surface area contributed by atoms with E-state index in [0.29, 0.717) is 5.02 Å². The second kappa shape index (κ2) is 7.45. The number of likely N-dealkylation sites (N-methyl/N-ethyl adjacent to an activating group) is 1. The number of aliphatic hydroxyl groups is 1. The zero-order valence-electron chi connectivity index (χ0n) is 13.2. The minimum atomic E-state index is -0.519. The average Bonchev–Trinajstić information content (AvgIpc) is 2.45. The minimum Gasteiger partial charge on any atom is -0.389 e. The van der Waals surface area contributed by atoms with Crippen molar-refractivity contribution in [1.82, 2.24) is 9.80 Å². The van der Waals surface area contributed by atoms with Crippen molar-refractivity contribution < 1.29 is 5.11 Å². The number of hydrogen-bond acceptors (Lipinski definition) is 4. The number of nitrogens with zero attached hydrogens (tertiary/aromatic N) is 3. The molecule has 0 spiro atoms. The van der Waals surface area contributed by atoms with Gasteiger partial charge in [-0.15, -0.1) is 0 Å². The van der Waals surface area contributed by atoms with E-state index < -0.39 is 6.10 Å². The van der Waals surface area contributed by atoms with Crippen molar-refractivity contribution >= 4 is 17.3 Å². The Hall–Kier alpha value is -0.810. The lowest BCUT2D eigenvalue weighted by molar-refractivity contribution is 0.199. The van der Waals surface area contributed by atoms with Crippen molar-refractivity contribution in [2.24, 2.45) is 0 Å². The topological polar surface area (TPSA) is 30.0 Å². The van der Waals surface area contributed by atoms with E-state index in [4.69, 9.17) is 11.6 Å². The Labute approximate surface area is 132 Å². The fourth-order valence-electron chi connectivity index (χ4n) is 2.62. The van der Waals surface area contributed by atoms with Crippen molar-refractivity contribution in [2.75, 3.05) is 58.3 Å². The summed E-state index contributed by atoms with van der Waals surface area (Å²) in [5.41, 5.74) is 1.95. The van der Waals surface area contributed by atoms with Crippen LogP contribution in [-0.2, 0) is 0 Å². The summed E-state index contributed by atoms with van der Waals surface area (Å²) in [4.78, 5) is 7.09. The van der Waals surface area contributed by atoms with E-state index in [1.807, 2.05) is 12.1 Å². The zero-order valence-corrected chi connectivity index (χ0v) is 14.0. The molecule has 0 amide bonds. The van der Waals surface area contributed by atoms with Gasteiger partial charge in [-0.25, -0.2) is 0 Å². The van der Waals surface area contributed by atoms with Crippen LogP contribution in [0.1, 0.15) is 18.6 Å². The van der Waals surface area contributed by atoms with Gasteiger partial charge in [0.1, 0.15) is 0 Å². The highest BCUT2D eigenvalue weighted by Crippen LogP contribution is 2.28. The number of rotatable bonds is 5. The van der Waals surface area contributed by atoms with Crippen molar-refractivity contribution in [1.29, 1.82) is 0 Å². The Bertz CT molecular complexity index is 457. The van der Waals surface area contributed by atoms with Gasteiger partial charge in [0.2, 0.25) is 0 Å². The van der Waals surface area contributed by atoms with Gasteiger partial charge in [0.25, 0.3) is 0 Å². The first kappa shape index (κ1) is 16.6. The lowest BCUT2D eigenvalue weighted by Crippen LogP contribution is -2.48. The van der Waals surface area contributed by atoms with Gasteiger partial charge in [0, 0.05) is 50.0 Å². The van der Waals surface area contributed by atoms with E-state index in [2.05, 4.69) is 34.9 Å². The lowest BCUT2D eigenvalue weighted by Gasteiger charge is -2.36. The van der Waals surface area contributed by atoms with Gasteiger partial charge in [0.15, 0.2) is 0 Å². The zero-order chi connectivity index (χ0) is 15.4. The summed E-state index contributed by atoms with van der Waals surface area (Å²) < 4.78 is 0. The summed E-state index contributed by atoms with van der Waals surface area (Å²) in [6, 6.07) is 5.96. The molecule has 1 saturated heterocycles. The van der Waals surface area contributed by atoms with E-state index in [9.17, 15) is 5.11 Å². The van der Waals surface area contributed by atoms with E-state index >= 15 is 0 Å². The molecule has 0 aliphatic carbocycles. The van der Waals surface area contributed by atoms with Gasteiger partial charge in [0.05, 0.1) is 6.10 Å². The van der Waals surface area contributed by atoms with Crippen LogP contribution in [-0.4, -0.2) is 68.3 Å². The monoisotopic (exact) mass is 311 g/mol. The Kier molecular flexibility index (Phi) is 5.88. The minimum absolute atomic E-state index is 0.519. The summed E-state index contributed by atoms with van der Waals surface area (Å²) in [6.45, 7) is 8.20. The van der Waals surface area contributed by atoms with E-state index in [1.165, 1.54) is 0 Å². The van der Waals surface area contributed by atoms with Crippen LogP contribution in [0.2, 0.25) is 5.02 Å². The van der Waals surface area contributed by atoms with Crippen LogP contribution in [0.25, 0.3) is 0 Å².